The molecule has 30 heavy (non-hydrogen) atoms. The normalized spacial score (nSPS) is 20.0. The number of hydrogen-bond acceptors (Lipinski definition) is 4. The number of benzene rings is 2. The van der Waals surface area contributed by atoms with Crippen LogP contribution in [0.2, 0.25) is 10.0 Å². The van der Waals surface area contributed by atoms with Crippen LogP contribution in [0.25, 0.3) is 0 Å². The molecule has 8 heteroatoms. The maximum absolute atomic E-state index is 6.53. The average Bonchev–Trinajstić information content (AvgIpc) is 3.00. The maximum atomic E-state index is 6.53. The third-order valence-electron chi connectivity index (χ3n) is 5.45. The lowest BCUT2D eigenvalue weighted by Crippen LogP contribution is -2.44. The van der Waals surface area contributed by atoms with Gasteiger partial charge >= 0.3 is 0 Å². The predicted octanol–water partition coefficient (Wildman–Crippen LogP) is 6.77. The Morgan fingerprint density at radius 1 is 1.03 bits per heavy atom. The molecule has 0 bridgehead atoms. The lowest BCUT2D eigenvalue weighted by atomic mass is 10.0. The molecule has 1 atom stereocenters. The Morgan fingerprint density at radius 3 is 2.40 bits per heavy atom. The number of hydrazone groups is 1. The number of halogens is 3. The summed E-state index contributed by atoms with van der Waals surface area (Å²) in [6, 6.07) is 13.8. The highest BCUT2D eigenvalue weighted by molar-refractivity contribution is 9.10. The molecule has 2 aromatic carbocycles. The van der Waals surface area contributed by atoms with Crippen LogP contribution in [-0.4, -0.2) is 28.8 Å². The van der Waals surface area contributed by atoms with Gasteiger partial charge in [-0.15, -0.1) is 0 Å². The number of nitrogens with zero attached hydrogens (tertiary/aromatic N) is 3. The van der Waals surface area contributed by atoms with Gasteiger partial charge < -0.3 is 5.43 Å². The zero-order valence-electron chi connectivity index (χ0n) is 16.5. The van der Waals surface area contributed by atoms with Gasteiger partial charge in [0.1, 0.15) is 4.99 Å². The molecule has 0 saturated carbocycles. The van der Waals surface area contributed by atoms with Crippen LogP contribution in [0.1, 0.15) is 43.7 Å². The van der Waals surface area contributed by atoms with E-state index in [1.165, 1.54) is 25.7 Å². The van der Waals surface area contributed by atoms with Crippen molar-refractivity contribution in [3.63, 3.8) is 0 Å². The van der Waals surface area contributed by atoms with Crippen molar-refractivity contribution in [1.29, 1.82) is 0 Å². The van der Waals surface area contributed by atoms with Crippen molar-refractivity contribution in [3.05, 3.63) is 62.5 Å². The molecule has 0 aliphatic carbocycles. The minimum absolute atomic E-state index is 0.00987. The number of hydrogen-bond donors (Lipinski definition) is 1. The Balaban J connectivity index is 1.61. The van der Waals surface area contributed by atoms with E-state index in [-0.39, 0.29) is 6.04 Å². The molecule has 0 radical (unpaired) electrons. The molecule has 0 spiro atoms. The molecular formula is C22H23BrCl2N4S. The van der Waals surface area contributed by atoms with E-state index in [1.54, 1.807) is 6.07 Å². The Hall–Kier alpha value is -1.18. The van der Waals surface area contributed by atoms with E-state index >= 15 is 0 Å². The van der Waals surface area contributed by atoms with E-state index in [1.807, 2.05) is 29.3 Å². The highest BCUT2D eigenvalue weighted by Crippen LogP contribution is 2.40. The zero-order chi connectivity index (χ0) is 21.1. The van der Waals surface area contributed by atoms with E-state index in [0.717, 1.165) is 34.5 Å². The van der Waals surface area contributed by atoms with E-state index in [4.69, 9.17) is 40.5 Å². The minimum Gasteiger partial charge on any atom is -0.308 e. The van der Waals surface area contributed by atoms with Gasteiger partial charge in [0.05, 0.1) is 22.5 Å². The summed E-state index contributed by atoms with van der Waals surface area (Å²) in [4.78, 5) is 0.687. The summed E-state index contributed by atoms with van der Waals surface area (Å²) in [5, 5.41) is 10.3. The van der Waals surface area contributed by atoms with Crippen molar-refractivity contribution in [2.45, 2.75) is 38.1 Å². The van der Waals surface area contributed by atoms with Crippen molar-refractivity contribution < 1.29 is 0 Å². The highest BCUT2D eigenvalue weighted by atomic mass is 79.9. The van der Waals surface area contributed by atoms with Gasteiger partial charge in [0, 0.05) is 29.0 Å². The molecule has 2 aliphatic heterocycles. The van der Waals surface area contributed by atoms with Gasteiger partial charge in [-0.3, -0.25) is 5.01 Å². The second-order valence-electron chi connectivity index (χ2n) is 7.60. The van der Waals surface area contributed by atoms with E-state index in [2.05, 4.69) is 38.5 Å². The van der Waals surface area contributed by atoms with Crippen LogP contribution in [-0.2, 0) is 0 Å². The molecule has 1 N–H and O–H groups in total. The fraction of sp³-hybridized carbons (Fsp3) is 0.364. The fourth-order valence-electron chi connectivity index (χ4n) is 3.87. The second-order valence-corrected chi connectivity index (χ2v) is 9.77. The molecule has 1 saturated heterocycles. The predicted molar refractivity (Wildman–Crippen MR) is 134 cm³/mol. The summed E-state index contributed by atoms with van der Waals surface area (Å²) in [5.41, 5.74) is 6.27. The first-order valence-electron chi connectivity index (χ1n) is 10.1. The quantitative estimate of drug-likeness (QED) is 0.446. The number of thiocarbonyl (C=S) groups is 1. The van der Waals surface area contributed by atoms with Crippen molar-refractivity contribution in [2.75, 3.05) is 18.1 Å². The summed E-state index contributed by atoms with van der Waals surface area (Å²) >= 11 is 21.9. The summed E-state index contributed by atoms with van der Waals surface area (Å²) < 4.78 is 1.04. The maximum Gasteiger partial charge on any atom is 0.137 e. The molecule has 4 nitrogen and oxygen atoms in total. The SMILES string of the molecule is S=C(NN1CCCCCC1)C1=NN(c2ccc(Cl)cc2Cl)C(c2ccc(Br)cc2)C1. The number of rotatable bonds is 4. The van der Waals surface area contributed by atoms with Gasteiger partial charge in [-0.2, -0.15) is 5.10 Å². The smallest absolute Gasteiger partial charge is 0.137 e. The third-order valence-corrected chi connectivity index (χ3v) is 6.84. The van der Waals surface area contributed by atoms with Crippen molar-refractivity contribution in [1.82, 2.24) is 10.4 Å². The molecule has 0 aromatic heterocycles. The van der Waals surface area contributed by atoms with Gasteiger partial charge in [0.15, 0.2) is 0 Å². The van der Waals surface area contributed by atoms with Crippen LogP contribution in [0.5, 0.6) is 0 Å². The molecule has 2 aromatic rings. The van der Waals surface area contributed by atoms with Gasteiger partial charge in [-0.1, -0.05) is 76.3 Å². The Kier molecular flexibility index (Phi) is 7.32. The van der Waals surface area contributed by atoms with Crippen LogP contribution in [0, 0.1) is 0 Å². The van der Waals surface area contributed by atoms with Crippen LogP contribution in [0.4, 0.5) is 5.69 Å². The summed E-state index contributed by atoms with van der Waals surface area (Å²) in [6.07, 6.45) is 5.65. The fourth-order valence-corrected chi connectivity index (χ4v) is 4.88. The van der Waals surface area contributed by atoms with E-state index < -0.39 is 0 Å². The lowest BCUT2D eigenvalue weighted by Gasteiger charge is -2.25. The molecule has 1 fully saturated rings. The van der Waals surface area contributed by atoms with Crippen LogP contribution < -0.4 is 10.4 Å². The van der Waals surface area contributed by atoms with Gasteiger partial charge in [-0.25, -0.2) is 5.01 Å². The number of hydrazine groups is 1. The molecule has 1 unspecified atom stereocenters. The summed E-state index contributed by atoms with van der Waals surface area (Å²) in [6.45, 7) is 2.02. The van der Waals surface area contributed by atoms with Gasteiger partial charge in [0.2, 0.25) is 0 Å². The zero-order valence-corrected chi connectivity index (χ0v) is 20.4. The third kappa shape index (κ3) is 5.17. The van der Waals surface area contributed by atoms with Crippen molar-refractivity contribution in [3.8, 4) is 0 Å². The lowest BCUT2D eigenvalue weighted by molar-refractivity contribution is 0.248. The average molecular weight is 526 g/mol. The standard InChI is InChI=1S/C22H23BrCl2N4S/c23-16-7-5-15(6-8-16)21-14-19(22(30)27-28-11-3-1-2-4-12-28)26-29(21)20-10-9-17(24)13-18(20)25/h5-10,13,21H,1-4,11-12,14H2,(H,27,30). The highest BCUT2D eigenvalue weighted by Gasteiger charge is 2.32. The van der Waals surface area contributed by atoms with E-state index in [9.17, 15) is 0 Å². The molecular weight excluding hydrogens is 503 g/mol. The van der Waals surface area contributed by atoms with Gasteiger partial charge in [-0.05, 0) is 48.7 Å². The molecule has 4 rings (SSSR count). The number of nitrogens with one attached hydrogen (secondary N) is 1. The summed E-state index contributed by atoms with van der Waals surface area (Å²) in [7, 11) is 0. The van der Waals surface area contributed by atoms with Crippen LogP contribution in [0.15, 0.2) is 52.0 Å². The molecule has 0 amide bonds. The van der Waals surface area contributed by atoms with Crippen molar-refractivity contribution >= 4 is 67.7 Å². The van der Waals surface area contributed by atoms with Crippen molar-refractivity contribution in [2.24, 2.45) is 5.10 Å². The molecule has 158 valence electrons. The number of anilines is 1. The Bertz CT molecular complexity index is 943. The van der Waals surface area contributed by atoms with Crippen LogP contribution in [0.3, 0.4) is 0 Å². The summed E-state index contributed by atoms with van der Waals surface area (Å²) in [5.74, 6) is 0. The molecule has 2 aliphatic rings. The molecule has 2 heterocycles. The van der Waals surface area contributed by atoms with E-state index in [0.29, 0.717) is 21.5 Å². The monoisotopic (exact) mass is 524 g/mol. The first-order valence-corrected chi connectivity index (χ1v) is 12.1. The topological polar surface area (TPSA) is 30.9 Å². The van der Waals surface area contributed by atoms with Crippen LogP contribution >= 0.6 is 51.3 Å². The van der Waals surface area contributed by atoms with Gasteiger partial charge in [0.25, 0.3) is 0 Å². The second kappa shape index (κ2) is 9.96. The first-order chi connectivity index (χ1) is 14.5. The Labute approximate surface area is 201 Å². The minimum atomic E-state index is 0.00987. The largest absolute Gasteiger partial charge is 0.308 e. The first kappa shape index (κ1) is 22.0. The Morgan fingerprint density at radius 2 is 1.73 bits per heavy atom.